The Hall–Kier alpha value is -2.35. The van der Waals surface area contributed by atoms with Crippen molar-refractivity contribution in [3.8, 4) is 0 Å². The number of likely N-dealkylation sites (tertiary alicyclic amines) is 1. The molecule has 1 aliphatic carbocycles. The van der Waals surface area contributed by atoms with Gasteiger partial charge in [0.15, 0.2) is 0 Å². The number of amides is 1. The molecule has 1 fully saturated rings. The van der Waals surface area contributed by atoms with Crippen LogP contribution < -0.4 is 10.9 Å². The molecular weight excluding hydrogens is 382 g/mol. The molecule has 164 valence electrons. The second-order valence-electron chi connectivity index (χ2n) is 8.31. The van der Waals surface area contributed by atoms with E-state index in [2.05, 4.69) is 22.1 Å². The fourth-order valence-corrected chi connectivity index (χ4v) is 5.03. The van der Waals surface area contributed by atoms with Gasteiger partial charge in [-0.15, -0.1) is 0 Å². The number of ether oxygens (including phenoxy) is 1. The topological polar surface area (TPSA) is 92.2 Å². The van der Waals surface area contributed by atoms with Crippen molar-refractivity contribution in [2.24, 2.45) is 0 Å². The van der Waals surface area contributed by atoms with E-state index >= 15 is 0 Å². The van der Waals surface area contributed by atoms with Crippen molar-refractivity contribution in [2.45, 2.75) is 71.4 Å². The van der Waals surface area contributed by atoms with E-state index in [1.807, 2.05) is 11.6 Å². The van der Waals surface area contributed by atoms with Gasteiger partial charge in [0, 0.05) is 17.5 Å². The third kappa shape index (κ3) is 3.97. The summed E-state index contributed by atoms with van der Waals surface area (Å²) in [6, 6.07) is 0.287. The van der Waals surface area contributed by atoms with Crippen LogP contribution in [0.2, 0.25) is 0 Å². The number of aromatic amines is 1. The van der Waals surface area contributed by atoms with E-state index in [0.717, 1.165) is 73.9 Å². The summed E-state index contributed by atoms with van der Waals surface area (Å²) < 4.78 is 7.10. The molecule has 1 saturated heterocycles. The van der Waals surface area contributed by atoms with Gasteiger partial charge in [-0.2, -0.15) is 5.10 Å². The number of aromatic nitrogens is 3. The number of nitrogens with one attached hydrogen (secondary N) is 2. The number of rotatable bonds is 7. The smallest absolute Gasteiger partial charge is 0.407 e. The maximum atomic E-state index is 12.8. The number of hydrogen-bond acceptors (Lipinski definition) is 5. The maximum Gasteiger partial charge on any atom is 0.407 e. The molecule has 2 N–H and O–H groups in total. The third-order valence-corrected chi connectivity index (χ3v) is 6.30. The zero-order valence-corrected chi connectivity index (χ0v) is 18.1. The van der Waals surface area contributed by atoms with Crippen LogP contribution in [0.5, 0.6) is 0 Å². The Morgan fingerprint density at radius 1 is 1.20 bits per heavy atom. The van der Waals surface area contributed by atoms with Crippen LogP contribution in [0.4, 0.5) is 4.79 Å². The molecule has 0 unspecified atom stereocenters. The molecule has 0 saturated carbocycles. The van der Waals surface area contributed by atoms with Crippen LogP contribution >= 0.6 is 0 Å². The SMILES string of the molecule is CCCN1CCC[C@@H]1c1nn(CCOC(=O)NCC)c2[nH]c(=O)c3c(c12)CCCC3. The quantitative estimate of drug-likeness (QED) is 0.725. The average Bonchev–Trinajstić information content (AvgIpc) is 3.33. The van der Waals surface area contributed by atoms with Crippen molar-refractivity contribution in [1.29, 1.82) is 0 Å². The van der Waals surface area contributed by atoms with Gasteiger partial charge in [-0.1, -0.05) is 6.92 Å². The standard InChI is InChI=1S/C22H33N5O3/c1-3-11-26-12-7-10-17(26)19-18-15-8-5-6-9-16(15)21(28)24-20(18)27(25-19)13-14-30-22(29)23-4-2/h17H,3-14H2,1-2H3,(H,23,29)(H,24,28)/t17-/m1/s1. The van der Waals surface area contributed by atoms with Crippen LogP contribution in [0, 0.1) is 0 Å². The Morgan fingerprint density at radius 2 is 2.00 bits per heavy atom. The summed E-state index contributed by atoms with van der Waals surface area (Å²) in [4.78, 5) is 30.1. The first-order valence-corrected chi connectivity index (χ1v) is 11.4. The molecule has 2 aliphatic rings. The lowest BCUT2D eigenvalue weighted by molar-refractivity contribution is 0.141. The van der Waals surface area contributed by atoms with Gasteiger partial charge in [0.25, 0.3) is 5.56 Å². The highest BCUT2D eigenvalue weighted by atomic mass is 16.5. The first-order valence-electron chi connectivity index (χ1n) is 11.4. The highest BCUT2D eigenvalue weighted by Gasteiger charge is 2.32. The molecule has 2 aromatic heterocycles. The number of carbonyl (C=O) groups is 1. The molecule has 1 amide bonds. The number of H-pyrrole nitrogens is 1. The number of nitrogens with zero attached hydrogens (tertiary/aromatic N) is 3. The van der Waals surface area contributed by atoms with E-state index in [-0.39, 0.29) is 18.2 Å². The number of aryl methyl sites for hydroxylation is 1. The molecule has 0 bridgehead atoms. The van der Waals surface area contributed by atoms with Crippen LogP contribution in [0.15, 0.2) is 4.79 Å². The summed E-state index contributed by atoms with van der Waals surface area (Å²) in [5, 5.41) is 8.76. The zero-order valence-electron chi connectivity index (χ0n) is 18.1. The average molecular weight is 416 g/mol. The van der Waals surface area contributed by atoms with Gasteiger partial charge in [0.2, 0.25) is 0 Å². The number of pyridine rings is 1. The van der Waals surface area contributed by atoms with Crippen LogP contribution in [-0.4, -0.2) is 52.0 Å². The fraction of sp³-hybridized carbons (Fsp3) is 0.682. The van der Waals surface area contributed by atoms with Gasteiger partial charge in [-0.25, -0.2) is 9.48 Å². The predicted molar refractivity (Wildman–Crippen MR) is 116 cm³/mol. The van der Waals surface area contributed by atoms with Crippen molar-refractivity contribution in [1.82, 2.24) is 25.0 Å². The lowest BCUT2D eigenvalue weighted by atomic mass is 9.89. The second kappa shape index (κ2) is 9.20. The minimum Gasteiger partial charge on any atom is -0.448 e. The summed E-state index contributed by atoms with van der Waals surface area (Å²) in [6.07, 6.45) is 6.91. The minimum absolute atomic E-state index is 0.00591. The Morgan fingerprint density at radius 3 is 2.77 bits per heavy atom. The van der Waals surface area contributed by atoms with E-state index in [1.54, 1.807) is 0 Å². The Bertz CT molecular complexity index is 964. The van der Waals surface area contributed by atoms with Crippen molar-refractivity contribution >= 4 is 17.1 Å². The lowest BCUT2D eigenvalue weighted by Gasteiger charge is -2.23. The van der Waals surface area contributed by atoms with Crippen molar-refractivity contribution < 1.29 is 9.53 Å². The summed E-state index contributed by atoms with van der Waals surface area (Å²) in [6.45, 7) is 7.38. The number of hydrogen-bond donors (Lipinski definition) is 2. The number of carbonyl (C=O) groups excluding carboxylic acids is 1. The van der Waals surface area contributed by atoms with E-state index in [9.17, 15) is 9.59 Å². The molecule has 1 atom stereocenters. The van der Waals surface area contributed by atoms with Gasteiger partial charge in [-0.3, -0.25) is 9.69 Å². The van der Waals surface area contributed by atoms with Gasteiger partial charge in [0.05, 0.1) is 18.3 Å². The Labute approximate surface area is 177 Å². The molecule has 0 aromatic carbocycles. The van der Waals surface area contributed by atoms with E-state index in [1.165, 1.54) is 12.0 Å². The predicted octanol–water partition coefficient (Wildman–Crippen LogP) is 2.90. The highest BCUT2D eigenvalue weighted by Crippen LogP contribution is 2.37. The molecule has 1 aliphatic heterocycles. The Balaban J connectivity index is 1.74. The molecule has 2 aromatic rings. The highest BCUT2D eigenvalue weighted by molar-refractivity contribution is 5.84. The molecule has 4 rings (SSSR count). The maximum absolute atomic E-state index is 12.8. The van der Waals surface area contributed by atoms with Gasteiger partial charge in [-0.05, 0) is 70.5 Å². The summed E-state index contributed by atoms with van der Waals surface area (Å²) >= 11 is 0. The molecule has 3 heterocycles. The normalized spacial score (nSPS) is 19.2. The van der Waals surface area contributed by atoms with Crippen LogP contribution in [0.25, 0.3) is 11.0 Å². The lowest BCUT2D eigenvalue weighted by Crippen LogP contribution is -2.25. The van der Waals surface area contributed by atoms with Crippen LogP contribution in [0.3, 0.4) is 0 Å². The largest absolute Gasteiger partial charge is 0.448 e. The number of fused-ring (bicyclic) bond motifs is 3. The summed E-state index contributed by atoms with van der Waals surface area (Å²) in [5.74, 6) is 0. The van der Waals surface area contributed by atoms with Gasteiger partial charge in [0.1, 0.15) is 12.3 Å². The van der Waals surface area contributed by atoms with Gasteiger partial charge >= 0.3 is 6.09 Å². The molecular formula is C22H33N5O3. The van der Waals surface area contributed by atoms with Crippen LogP contribution in [0.1, 0.15) is 68.8 Å². The zero-order chi connectivity index (χ0) is 21.1. The first-order chi connectivity index (χ1) is 14.6. The molecule has 8 nitrogen and oxygen atoms in total. The molecule has 0 radical (unpaired) electrons. The van der Waals surface area contributed by atoms with E-state index in [4.69, 9.17) is 9.84 Å². The monoisotopic (exact) mass is 415 g/mol. The minimum atomic E-state index is -0.426. The summed E-state index contributed by atoms with van der Waals surface area (Å²) in [7, 11) is 0. The van der Waals surface area contributed by atoms with Crippen molar-refractivity contribution in [3.05, 3.63) is 27.2 Å². The number of alkyl carbamates (subject to hydrolysis) is 1. The van der Waals surface area contributed by atoms with Gasteiger partial charge < -0.3 is 15.0 Å². The van der Waals surface area contributed by atoms with Crippen LogP contribution in [-0.2, 0) is 24.1 Å². The Kier molecular flexibility index (Phi) is 6.41. The molecule has 8 heteroatoms. The second-order valence-corrected chi connectivity index (χ2v) is 8.31. The third-order valence-electron chi connectivity index (χ3n) is 6.30. The van der Waals surface area contributed by atoms with E-state index in [0.29, 0.717) is 13.1 Å². The van der Waals surface area contributed by atoms with E-state index < -0.39 is 6.09 Å². The summed E-state index contributed by atoms with van der Waals surface area (Å²) in [5.41, 5.74) is 4.00. The molecule has 30 heavy (non-hydrogen) atoms. The van der Waals surface area contributed by atoms with Crippen molar-refractivity contribution in [2.75, 3.05) is 26.2 Å². The fourth-order valence-electron chi connectivity index (χ4n) is 5.03. The first kappa shape index (κ1) is 20.9. The van der Waals surface area contributed by atoms with Crippen molar-refractivity contribution in [3.63, 3.8) is 0 Å². The molecule has 0 spiro atoms.